The maximum atomic E-state index is 13.5. The van der Waals surface area contributed by atoms with Crippen LogP contribution in [-0.4, -0.2) is 31.1 Å². The zero-order valence-electron chi connectivity index (χ0n) is 11.6. The summed E-state index contributed by atoms with van der Waals surface area (Å²) in [6.07, 6.45) is 1.70. The molecule has 0 radical (unpaired) electrons. The molecule has 1 atom stereocenters. The molecule has 0 aliphatic carbocycles. The molecule has 106 valence electrons. The molecule has 20 heavy (non-hydrogen) atoms. The summed E-state index contributed by atoms with van der Waals surface area (Å²) in [7, 11) is 0. The highest BCUT2D eigenvalue weighted by atomic mass is 19.1. The molecular weight excluding hydrogens is 255 g/mol. The van der Waals surface area contributed by atoms with Gasteiger partial charge in [0, 0.05) is 26.2 Å². The monoisotopic (exact) mass is 274 g/mol. The minimum absolute atomic E-state index is 0.0615. The molecule has 3 rings (SSSR count). The second-order valence-electron chi connectivity index (χ2n) is 5.21. The second-order valence-corrected chi connectivity index (χ2v) is 5.21. The Morgan fingerprint density at radius 3 is 2.70 bits per heavy atom. The van der Waals surface area contributed by atoms with Gasteiger partial charge in [0.2, 0.25) is 0 Å². The first-order chi connectivity index (χ1) is 9.75. The minimum atomic E-state index is -0.160. The number of aryl methyl sites for hydroxylation is 1. The Labute approximate surface area is 118 Å². The molecule has 2 heterocycles. The van der Waals surface area contributed by atoms with E-state index in [4.69, 9.17) is 4.42 Å². The first-order valence-corrected chi connectivity index (χ1v) is 7.00. The summed E-state index contributed by atoms with van der Waals surface area (Å²) < 4.78 is 19.1. The van der Waals surface area contributed by atoms with Crippen molar-refractivity contribution < 1.29 is 8.81 Å². The van der Waals surface area contributed by atoms with Crippen molar-refractivity contribution in [3.05, 3.63) is 59.3 Å². The highest BCUT2D eigenvalue weighted by Gasteiger charge is 2.26. The van der Waals surface area contributed by atoms with Crippen molar-refractivity contribution in [2.24, 2.45) is 0 Å². The van der Waals surface area contributed by atoms with Crippen LogP contribution in [0, 0.1) is 12.7 Å². The molecule has 1 saturated heterocycles. The van der Waals surface area contributed by atoms with Crippen LogP contribution in [-0.2, 0) is 0 Å². The van der Waals surface area contributed by atoms with Gasteiger partial charge in [-0.3, -0.25) is 4.90 Å². The molecule has 3 nitrogen and oxygen atoms in total. The van der Waals surface area contributed by atoms with Crippen LogP contribution in [0.5, 0.6) is 0 Å². The number of furan rings is 1. The molecule has 0 spiro atoms. The van der Waals surface area contributed by atoms with E-state index in [1.54, 1.807) is 19.3 Å². The summed E-state index contributed by atoms with van der Waals surface area (Å²) in [4.78, 5) is 2.38. The van der Waals surface area contributed by atoms with Crippen LogP contribution >= 0.6 is 0 Å². The molecule has 0 unspecified atom stereocenters. The third-order valence-corrected chi connectivity index (χ3v) is 3.83. The number of hydrogen-bond acceptors (Lipinski definition) is 3. The van der Waals surface area contributed by atoms with Crippen molar-refractivity contribution in [3.8, 4) is 0 Å². The van der Waals surface area contributed by atoms with Gasteiger partial charge in [0.1, 0.15) is 11.6 Å². The van der Waals surface area contributed by atoms with Gasteiger partial charge in [0.05, 0.1) is 12.3 Å². The maximum Gasteiger partial charge on any atom is 0.126 e. The van der Waals surface area contributed by atoms with Gasteiger partial charge in [0.25, 0.3) is 0 Å². The highest BCUT2D eigenvalue weighted by molar-refractivity contribution is 5.31. The number of nitrogens with one attached hydrogen (secondary N) is 1. The summed E-state index contributed by atoms with van der Waals surface area (Å²) in [6.45, 7) is 5.66. The lowest BCUT2D eigenvalue weighted by Crippen LogP contribution is -2.45. The van der Waals surface area contributed by atoms with E-state index in [9.17, 15) is 4.39 Å². The Bertz CT molecular complexity index is 562. The summed E-state index contributed by atoms with van der Waals surface area (Å²) >= 11 is 0. The first-order valence-electron chi connectivity index (χ1n) is 7.00. The Balaban J connectivity index is 1.98. The molecule has 0 bridgehead atoms. The number of halogens is 1. The van der Waals surface area contributed by atoms with E-state index < -0.39 is 0 Å². The van der Waals surface area contributed by atoms with Gasteiger partial charge < -0.3 is 9.73 Å². The predicted molar refractivity (Wildman–Crippen MR) is 76.1 cm³/mol. The summed E-state index contributed by atoms with van der Waals surface area (Å²) in [6, 6.07) is 9.28. The van der Waals surface area contributed by atoms with Gasteiger partial charge >= 0.3 is 0 Å². The van der Waals surface area contributed by atoms with Gasteiger partial charge in [-0.1, -0.05) is 12.1 Å². The van der Waals surface area contributed by atoms with E-state index in [0.717, 1.165) is 37.5 Å². The van der Waals surface area contributed by atoms with Crippen molar-refractivity contribution in [2.45, 2.75) is 13.0 Å². The normalized spacial score (nSPS) is 18.1. The number of hydrogen-bond donors (Lipinski definition) is 1. The van der Waals surface area contributed by atoms with Crippen molar-refractivity contribution >= 4 is 0 Å². The second kappa shape index (κ2) is 5.77. The molecule has 1 fully saturated rings. The van der Waals surface area contributed by atoms with Crippen LogP contribution in [0.2, 0.25) is 0 Å². The number of rotatable bonds is 3. The Kier molecular flexibility index (Phi) is 3.85. The molecule has 1 aliphatic heterocycles. The van der Waals surface area contributed by atoms with Crippen LogP contribution in [0.3, 0.4) is 0 Å². The van der Waals surface area contributed by atoms with Crippen molar-refractivity contribution in [1.82, 2.24) is 10.2 Å². The fourth-order valence-corrected chi connectivity index (χ4v) is 2.78. The Hall–Kier alpha value is -1.65. The lowest BCUT2D eigenvalue weighted by molar-refractivity contribution is 0.180. The summed E-state index contributed by atoms with van der Waals surface area (Å²) in [5, 5.41) is 3.35. The van der Waals surface area contributed by atoms with Crippen LogP contribution in [0.1, 0.15) is 22.9 Å². The van der Waals surface area contributed by atoms with E-state index in [0.29, 0.717) is 5.56 Å². The Morgan fingerprint density at radius 1 is 1.25 bits per heavy atom. The van der Waals surface area contributed by atoms with Gasteiger partial charge in [-0.15, -0.1) is 0 Å². The fraction of sp³-hybridized carbons (Fsp3) is 0.375. The molecule has 4 heteroatoms. The quantitative estimate of drug-likeness (QED) is 0.933. The average molecular weight is 274 g/mol. The van der Waals surface area contributed by atoms with Gasteiger partial charge in [-0.05, 0) is 36.2 Å². The van der Waals surface area contributed by atoms with Crippen LogP contribution in [0.25, 0.3) is 0 Å². The smallest absolute Gasteiger partial charge is 0.126 e. The Morgan fingerprint density at radius 2 is 2.05 bits per heavy atom. The number of nitrogens with zero attached hydrogens (tertiary/aromatic N) is 1. The number of piperazine rings is 1. The topological polar surface area (TPSA) is 28.4 Å². The van der Waals surface area contributed by atoms with Gasteiger partial charge in [0.15, 0.2) is 0 Å². The third-order valence-electron chi connectivity index (χ3n) is 3.83. The fourth-order valence-electron chi connectivity index (χ4n) is 2.78. The standard InChI is InChI=1S/C16H19FN2O/c1-12-11-13(4-5-14(12)17)16(15-3-2-10-20-15)19-8-6-18-7-9-19/h2-5,10-11,16,18H,6-9H2,1H3/t16-/m0/s1. The molecular formula is C16H19FN2O. The first kappa shape index (κ1) is 13.3. The lowest BCUT2D eigenvalue weighted by atomic mass is 10.00. The predicted octanol–water partition coefficient (Wildman–Crippen LogP) is 2.72. The zero-order valence-corrected chi connectivity index (χ0v) is 11.6. The maximum absolute atomic E-state index is 13.5. The van der Waals surface area contributed by atoms with Crippen LogP contribution in [0.15, 0.2) is 41.0 Å². The van der Waals surface area contributed by atoms with Crippen molar-refractivity contribution in [2.75, 3.05) is 26.2 Å². The van der Waals surface area contributed by atoms with E-state index in [1.807, 2.05) is 24.3 Å². The summed E-state index contributed by atoms with van der Waals surface area (Å²) in [5.74, 6) is 0.755. The van der Waals surface area contributed by atoms with Crippen LogP contribution in [0.4, 0.5) is 4.39 Å². The SMILES string of the molecule is Cc1cc([C@@H](c2ccco2)N2CCNCC2)ccc1F. The van der Waals surface area contributed by atoms with Crippen LogP contribution < -0.4 is 5.32 Å². The number of benzene rings is 1. The highest BCUT2D eigenvalue weighted by Crippen LogP contribution is 2.30. The third kappa shape index (κ3) is 2.62. The minimum Gasteiger partial charge on any atom is -0.467 e. The van der Waals surface area contributed by atoms with E-state index in [2.05, 4.69) is 10.2 Å². The molecule has 1 N–H and O–H groups in total. The largest absolute Gasteiger partial charge is 0.467 e. The van der Waals surface area contributed by atoms with Gasteiger partial charge in [-0.2, -0.15) is 0 Å². The molecule has 2 aromatic rings. The molecule has 0 saturated carbocycles. The van der Waals surface area contributed by atoms with E-state index >= 15 is 0 Å². The molecule has 1 aromatic heterocycles. The van der Waals surface area contributed by atoms with Crippen molar-refractivity contribution in [3.63, 3.8) is 0 Å². The van der Waals surface area contributed by atoms with E-state index in [1.165, 1.54) is 0 Å². The molecule has 1 aliphatic rings. The van der Waals surface area contributed by atoms with Gasteiger partial charge in [-0.25, -0.2) is 4.39 Å². The van der Waals surface area contributed by atoms with Crippen molar-refractivity contribution in [1.29, 1.82) is 0 Å². The lowest BCUT2D eigenvalue weighted by Gasteiger charge is -2.34. The molecule has 1 aromatic carbocycles. The summed E-state index contributed by atoms with van der Waals surface area (Å²) in [5.41, 5.74) is 1.76. The molecule has 0 amide bonds. The zero-order chi connectivity index (χ0) is 13.9. The average Bonchev–Trinajstić information content (AvgIpc) is 2.98. The van der Waals surface area contributed by atoms with E-state index in [-0.39, 0.29) is 11.9 Å².